The first-order valence-corrected chi connectivity index (χ1v) is 7.63. The average Bonchev–Trinajstić information content (AvgIpc) is 3.17. The Morgan fingerprint density at radius 2 is 2.05 bits per heavy atom. The van der Waals surface area contributed by atoms with Crippen LogP contribution in [0, 0.1) is 6.92 Å². The zero-order valence-electron chi connectivity index (χ0n) is 12.4. The van der Waals surface area contributed by atoms with Crippen molar-refractivity contribution >= 4 is 28.7 Å². The highest BCUT2D eigenvalue weighted by molar-refractivity contribution is 7.11. The molecule has 0 saturated carbocycles. The van der Waals surface area contributed by atoms with Gasteiger partial charge in [-0.25, -0.2) is 0 Å². The van der Waals surface area contributed by atoms with Crippen molar-refractivity contribution in [2.24, 2.45) is 0 Å². The lowest BCUT2D eigenvalue weighted by Gasteiger charge is -2.09. The molecule has 0 amide bonds. The number of hydrogen-bond donors (Lipinski definition) is 1. The van der Waals surface area contributed by atoms with Crippen LogP contribution in [0.3, 0.4) is 0 Å². The maximum atomic E-state index is 5.16. The number of rotatable bonds is 5. The molecule has 1 aromatic carbocycles. The SMILES string of the molecule is C=C(c1cccs1)n1nc(C)nc1Nc1ccc(OC)cc1. The third-order valence-electron chi connectivity index (χ3n) is 3.12. The summed E-state index contributed by atoms with van der Waals surface area (Å²) in [5.74, 6) is 2.14. The fourth-order valence-corrected chi connectivity index (χ4v) is 2.72. The summed E-state index contributed by atoms with van der Waals surface area (Å²) < 4.78 is 6.89. The second-order valence-corrected chi connectivity index (χ2v) is 5.62. The zero-order chi connectivity index (χ0) is 15.5. The lowest BCUT2D eigenvalue weighted by molar-refractivity contribution is 0.415. The normalized spacial score (nSPS) is 10.5. The topological polar surface area (TPSA) is 52.0 Å². The average molecular weight is 312 g/mol. The molecule has 0 fully saturated rings. The van der Waals surface area contributed by atoms with Gasteiger partial charge in [0.05, 0.1) is 17.7 Å². The Hall–Kier alpha value is -2.60. The van der Waals surface area contributed by atoms with Gasteiger partial charge in [0.25, 0.3) is 0 Å². The molecule has 2 aromatic heterocycles. The molecule has 0 atom stereocenters. The molecule has 3 aromatic rings. The van der Waals surface area contributed by atoms with Crippen molar-refractivity contribution in [3.05, 3.63) is 59.1 Å². The number of aromatic nitrogens is 3. The fourth-order valence-electron chi connectivity index (χ4n) is 2.03. The van der Waals surface area contributed by atoms with Gasteiger partial charge in [0, 0.05) is 5.69 Å². The van der Waals surface area contributed by atoms with E-state index < -0.39 is 0 Å². The van der Waals surface area contributed by atoms with E-state index in [4.69, 9.17) is 4.74 Å². The second-order valence-electron chi connectivity index (χ2n) is 4.67. The van der Waals surface area contributed by atoms with Crippen LogP contribution in [0.15, 0.2) is 48.4 Å². The Balaban J connectivity index is 1.89. The van der Waals surface area contributed by atoms with Crippen molar-refractivity contribution in [3.8, 4) is 5.75 Å². The molecular formula is C16H16N4OS. The molecule has 0 saturated heterocycles. The van der Waals surface area contributed by atoms with Gasteiger partial charge in [-0.1, -0.05) is 12.6 Å². The highest BCUT2D eigenvalue weighted by Crippen LogP contribution is 2.25. The Labute approximate surface area is 132 Å². The van der Waals surface area contributed by atoms with E-state index in [1.54, 1.807) is 23.1 Å². The lowest BCUT2D eigenvalue weighted by Crippen LogP contribution is -2.04. The van der Waals surface area contributed by atoms with Crippen LogP contribution in [0.25, 0.3) is 5.70 Å². The first-order valence-electron chi connectivity index (χ1n) is 6.75. The van der Waals surface area contributed by atoms with Crippen LogP contribution in [-0.2, 0) is 0 Å². The summed E-state index contributed by atoms with van der Waals surface area (Å²) in [5, 5.41) is 9.70. The van der Waals surface area contributed by atoms with Gasteiger partial charge >= 0.3 is 0 Å². The highest BCUT2D eigenvalue weighted by Gasteiger charge is 2.12. The number of hydrogen-bond acceptors (Lipinski definition) is 5. The van der Waals surface area contributed by atoms with Gasteiger partial charge in [-0.15, -0.1) is 16.4 Å². The van der Waals surface area contributed by atoms with Gasteiger partial charge in [0.2, 0.25) is 5.95 Å². The van der Waals surface area contributed by atoms with E-state index in [0.29, 0.717) is 11.8 Å². The van der Waals surface area contributed by atoms with Gasteiger partial charge in [-0.05, 0) is 42.6 Å². The van der Waals surface area contributed by atoms with Gasteiger partial charge in [0.15, 0.2) is 0 Å². The number of benzene rings is 1. The predicted molar refractivity (Wildman–Crippen MR) is 89.8 cm³/mol. The molecule has 22 heavy (non-hydrogen) atoms. The fraction of sp³-hybridized carbons (Fsp3) is 0.125. The number of methoxy groups -OCH3 is 1. The molecule has 0 unspecified atom stereocenters. The summed E-state index contributed by atoms with van der Waals surface area (Å²) in [6.07, 6.45) is 0. The Morgan fingerprint density at radius 1 is 1.27 bits per heavy atom. The first-order chi connectivity index (χ1) is 10.7. The quantitative estimate of drug-likeness (QED) is 0.776. The van der Waals surface area contributed by atoms with E-state index >= 15 is 0 Å². The van der Waals surface area contributed by atoms with Crippen molar-refractivity contribution in [2.45, 2.75) is 6.92 Å². The number of nitrogens with one attached hydrogen (secondary N) is 1. The third kappa shape index (κ3) is 2.87. The minimum atomic E-state index is 0.640. The largest absolute Gasteiger partial charge is 0.497 e. The molecule has 5 nitrogen and oxygen atoms in total. The zero-order valence-corrected chi connectivity index (χ0v) is 13.2. The van der Waals surface area contributed by atoms with E-state index in [2.05, 4.69) is 22.0 Å². The Kier molecular flexibility index (Phi) is 3.93. The van der Waals surface area contributed by atoms with Crippen LogP contribution >= 0.6 is 11.3 Å². The van der Waals surface area contributed by atoms with Crippen molar-refractivity contribution in [1.29, 1.82) is 0 Å². The van der Waals surface area contributed by atoms with Crippen LogP contribution in [0.5, 0.6) is 5.75 Å². The Bertz CT molecular complexity index is 775. The van der Waals surface area contributed by atoms with E-state index in [-0.39, 0.29) is 0 Å². The van der Waals surface area contributed by atoms with E-state index in [9.17, 15) is 0 Å². The number of anilines is 2. The predicted octanol–water partition coefficient (Wildman–Crippen LogP) is 3.92. The molecule has 1 N–H and O–H groups in total. The van der Waals surface area contributed by atoms with Crippen molar-refractivity contribution in [1.82, 2.24) is 14.8 Å². The molecule has 6 heteroatoms. The lowest BCUT2D eigenvalue weighted by atomic mass is 10.3. The van der Waals surface area contributed by atoms with E-state index in [1.165, 1.54) is 0 Å². The van der Waals surface area contributed by atoms with Gasteiger partial charge in [-0.3, -0.25) is 0 Å². The van der Waals surface area contributed by atoms with Gasteiger partial charge < -0.3 is 10.1 Å². The van der Waals surface area contributed by atoms with Gasteiger partial charge in [-0.2, -0.15) is 9.67 Å². The molecule has 3 rings (SSSR count). The van der Waals surface area contributed by atoms with E-state index in [1.807, 2.05) is 48.7 Å². The molecule has 0 spiro atoms. The van der Waals surface area contributed by atoms with Crippen molar-refractivity contribution in [2.75, 3.05) is 12.4 Å². The van der Waals surface area contributed by atoms with Crippen LogP contribution < -0.4 is 10.1 Å². The monoisotopic (exact) mass is 312 g/mol. The molecular weight excluding hydrogens is 296 g/mol. The van der Waals surface area contributed by atoms with Crippen LogP contribution in [0.4, 0.5) is 11.6 Å². The number of thiophene rings is 1. The smallest absolute Gasteiger partial charge is 0.230 e. The summed E-state index contributed by atoms with van der Waals surface area (Å²) >= 11 is 1.62. The molecule has 112 valence electrons. The first kappa shape index (κ1) is 14.3. The summed E-state index contributed by atoms with van der Waals surface area (Å²) in [7, 11) is 1.65. The van der Waals surface area contributed by atoms with Crippen LogP contribution in [-0.4, -0.2) is 21.9 Å². The molecule has 0 radical (unpaired) electrons. The van der Waals surface area contributed by atoms with Crippen LogP contribution in [0.2, 0.25) is 0 Å². The molecule has 0 aliphatic carbocycles. The minimum absolute atomic E-state index is 0.640. The summed E-state index contributed by atoms with van der Waals surface area (Å²) in [5.41, 5.74) is 1.71. The summed E-state index contributed by atoms with van der Waals surface area (Å²) in [4.78, 5) is 5.49. The summed E-state index contributed by atoms with van der Waals surface area (Å²) in [6.45, 7) is 5.98. The minimum Gasteiger partial charge on any atom is -0.497 e. The van der Waals surface area contributed by atoms with E-state index in [0.717, 1.165) is 22.0 Å². The maximum absolute atomic E-state index is 5.16. The number of aryl methyl sites for hydroxylation is 1. The second kappa shape index (κ2) is 6.03. The van der Waals surface area contributed by atoms with Gasteiger partial charge in [0.1, 0.15) is 11.6 Å². The standard InChI is InChI=1S/C16H16N4OS/c1-11(15-5-4-10-22-15)20-16(17-12(2)19-20)18-13-6-8-14(21-3)9-7-13/h4-10H,1H2,2-3H3,(H,17,18,19). The van der Waals surface area contributed by atoms with Crippen molar-refractivity contribution < 1.29 is 4.74 Å². The Morgan fingerprint density at radius 3 is 2.68 bits per heavy atom. The molecule has 0 bridgehead atoms. The maximum Gasteiger partial charge on any atom is 0.230 e. The molecule has 2 heterocycles. The number of ether oxygens (including phenoxy) is 1. The molecule has 0 aliphatic heterocycles. The highest BCUT2D eigenvalue weighted by atomic mass is 32.1. The van der Waals surface area contributed by atoms with Crippen molar-refractivity contribution in [3.63, 3.8) is 0 Å². The molecule has 0 aliphatic rings. The number of nitrogens with zero attached hydrogens (tertiary/aromatic N) is 3. The third-order valence-corrected chi connectivity index (χ3v) is 4.04. The summed E-state index contributed by atoms with van der Waals surface area (Å²) in [6, 6.07) is 11.7. The van der Waals surface area contributed by atoms with Crippen LogP contribution in [0.1, 0.15) is 10.7 Å².